The lowest BCUT2D eigenvalue weighted by Gasteiger charge is -2.26. The Labute approximate surface area is 266 Å². The lowest BCUT2D eigenvalue weighted by Crippen LogP contribution is -2.12. The summed E-state index contributed by atoms with van der Waals surface area (Å²) in [7, 11) is 0. The second-order valence-electron chi connectivity index (χ2n) is 11.6. The van der Waals surface area contributed by atoms with Crippen LogP contribution in [0.5, 0.6) is 0 Å². The number of para-hydroxylation sites is 1. The number of nitrogens with zero attached hydrogens (tertiary/aromatic N) is 2. The van der Waals surface area contributed by atoms with Crippen LogP contribution in [-0.4, -0.2) is 4.98 Å². The van der Waals surface area contributed by atoms with E-state index in [4.69, 9.17) is 9.40 Å². The van der Waals surface area contributed by atoms with Gasteiger partial charge in [-0.25, -0.2) is 4.98 Å². The summed E-state index contributed by atoms with van der Waals surface area (Å²) in [6.45, 7) is 0. The Balaban J connectivity index is 1.25. The van der Waals surface area contributed by atoms with Crippen LogP contribution < -0.4 is 4.90 Å². The van der Waals surface area contributed by atoms with Gasteiger partial charge in [0.05, 0.1) is 0 Å². The van der Waals surface area contributed by atoms with Crippen LogP contribution in [0.2, 0.25) is 0 Å². The molecule has 0 saturated carbocycles. The Hall–Kier alpha value is -6.19. The van der Waals surface area contributed by atoms with Crippen LogP contribution in [-0.2, 0) is 0 Å². The predicted molar refractivity (Wildman–Crippen MR) is 192 cm³/mol. The summed E-state index contributed by atoms with van der Waals surface area (Å²) in [6.07, 6.45) is 1.91. The topological polar surface area (TPSA) is 29.3 Å². The molecule has 0 aliphatic carbocycles. The molecule has 0 atom stereocenters. The average Bonchev–Trinajstić information content (AvgIpc) is 3.52. The lowest BCUT2D eigenvalue weighted by molar-refractivity contribution is 0.669. The maximum Gasteiger partial charge on any atom is 0.145 e. The molecular formula is C43H28N2O. The van der Waals surface area contributed by atoms with Gasteiger partial charge in [-0.05, 0) is 86.9 Å². The van der Waals surface area contributed by atoms with Gasteiger partial charge in [0.1, 0.15) is 17.0 Å². The van der Waals surface area contributed by atoms with E-state index >= 15 is 0 Å². The summed E-state index contributed by atoms with van der Waals surface area (Å²) < 4.78 is 6.25. The fourth-order valence-corrected chi connectivity index (χ4v) is 6.76. The van der Waals surface area contributed by atoms with E-state index in [-0.39, 0.29) is 0 Å². The molecule has 0 aliphatic rings. The number of fused-ring (bicyclic) bond motifs is 6. The van der Waals surface area contributed by atoms with Crippen molar-refractivity contribution in [2.45, 2.75) is 0 Å². The van der Waals surface area contributed by atoms with E-state index in [0.717, 1.165) is 55.5 Å². The summed E-state index contributed by atoms with van der Waals surface area (Å²) in [4.78, 5) is 7.32. The van der Waals surface area contributed by atoms with Crippen molar-refractivity contribution in [1.82, 2.24) is 4.98 Å². The van der Waals surface area contributed by atoms with Gasteiger partial charge in [0.15, 0.2) is 0 Å². The molecule has 2 aromatic heterocycles. The summed E-state index contributed by atoms with van der Waals surface area (Å²) in [6, 6.07) is 57.7. The molecule has 0 fully saturated rings. The van der Waals surface area contributed by atoms with Crippen LogP contribution in [0.1, 0.15) is 0 Å². The van der Waals surface area contributed by atoms with Gasteiger partial charge in [-0.15, -0.1) is 0 Å². The standard InChI is InChI=1S/C43H28N2O/c1-2-10-29(11-3-1)32-14-8-15-34(28-32)45(33-22-20-31(21-23-33)36-18-9-13-30-12-4-5-16-35(30)36)43-38-24-25-41-42(37(38)26-27-44-43)39-17-6-7-19-40(39)46-41/h1-28H. The van der Waals surface area contributed by atoms with Gasteiger partial charge in [0.25, 0.3) is 0 Å². The van der Waals surface area contributed by atoms with Crippen molar-refractivity contribution in [3.05, 3.63) is 170 Å². The molecule has 9 rings (SSSR count). The van der Waals surface area contributed by atoms with Gasteiger partial charge >= 0.3 is 0 Å². The molecule has 0 bridgehead atoms. The maximum absolute atomic E-state index is 6.25. The Morgan fingerprint density at radius 2 is 1.17 bits per heavy atom. The fraction of sp³-hybridized carbons (Fsp3) is 0. The summed E-state index contributed by atoms with van der Waals surface area (Å²) in [5.41, 5.74) is 8.56. The summed E-state index contributed by atoms with van der Waals surface area (Å²) in [5.74, 6) is 0.868. The molecular weight excluding hydrogens is 560 g/mol. The molecule has 46 heavy (non-hydrogen) atoms. The van der Waals surface area contributed by atoms with Gasteiger partial charge in [-0.2, -0.15) is 0 Å². The fourth-order valence-electron chi connectivity index (χ4n) is 6.76. The van der Waals surface area contributed by atoms with Gasteiger partial charge in [-0.1, -0.05) is 115 Å². The highest BCUT2D eigenvalue weighted by Gasteiger charge is 2.20. The first-order chi connectivity index (χ1) is 22.8. The van der Waals surface area contributed by atoms with Gasteiger partial charge < -0.3 is 4.42 Å². The van der Waals surface area contributed by atoms with E-state index in [1.54, 1.807) is 0 Å². The number of hydrogen-bond donors (Lipinski definition) is 0. The maximum atomic E-state index is 6.25. The van der Waals surface area contributed by atoms with Crippen LogP contribution in [0.15, 0.2) is 174 Å². The van der Waals surface area contributed by atoms with Crippen LogP contribution in [0.25, 0.3) is 65.7 Å². The minimum atomic E-state index is 0.868. The first-order valence-corrected chi connectivity index (χ1v) is 15.5. The Morgan fingerprint density at radius 1 is 0.435 bits per heavy atom. The third-order valence-corrected chi connectivity index (χ3v) is 8.91. The Morgan fingerprint density at radius 3 is 2.07 bits per heavy atom. The molecule has 0 amide bonds. The van der Waals surface area contributed by atoms with Gasteiger partial charge in [-0.3, -0.25) is 4.90 Å². The zero-order valence-corrected chi connectivity index (χ0v) is 25.0. The smallest absolute Gasteiger partial charge is 0.145 e. The van der Waals surface area contributed by atoms with E-state index < -0.39 is 0 Å². The highest BCUT2D eigenvalue weighted by atomic mass is 16.3. The van der Waals surface area contributed by atoms with E-state index in [9.17, 15) is 0 Å². The van der Waals surface area contributed by atoms with Gasteiger partial charge in [0, 0.05) is 33.7 Å². The third-order valence-electron chi connectivity index (χ3n) is 8.91. The molecule has 0 spiro atoms. The number of furan rings is 1. The SMILES string of the molecule is c1ccc(-c2cccc(N(c3ccc(-c4cccc5ccccc45)cc3)c3nccc4c3ccc3oc5ccccc5c34)c2)cc1. The molecule has 0 unspecified atom stereocenters. The number of hydrogen-bond acceptors (Lipinski definition) is 3. The van der Waals surface area contributed by atoms with E-state index in [2.05, 4.69) is 157 Å². The normalized spacial score (nSPS) is 11.5. The number of rotatable bonds is 5. The highest BCUT2D eigenvalue weighted by Crippen LogP contribution is 2.43. The number of pyridine rings is 1. The molecule has 2 heterocycles. The molecule has 0 saturated heterocycles. The monoisotopic (exact) mass is 588 g/mol. The van der Waals surface area contributed by atoms with Crippen molar-refractivity contribution in [1.29, 1.82) is 0 Å². The third kappa shape index (κ3) is 4.33. The van der Waals surface area contributed by atoms with Crippen molar-refractivity contribution in [2.24, 2.45) is 0 Å². The molecule has 0 N–H and O–H groups in total. The van der Waals surface area contributed by atoms with Crippen LogP contribution in [0.4, 0.5) is 17.2 Å². The van der Waals surface area contributed by atoms with Crippen LogP contribution in [0.3, 0.4) is 0 Å². The van der Waals surface area contributed by atoms with Crippen molar-refractivity contribution < 1.29 is 4.42 Å². The quantitative estimate of drug-likeness (QED) is 0.200. The zero-order chi connectivity index (χ0) is 30.5. The lowest BCUT2D eigenvalue weighted by atomic mass is 9.98. The Bertz CT molecular complexity index is 2530. The van der Waals surface area contributed by atoms with E-state index in [1.165, 1.54) is 27.5 Å². The summed E-state index contributed by atoms with van der Waals surface area (Å²) in [5, 5.41) is 6.88. The average molecular weight is 589 g/mol. The van der Waals surface area contributed by atoms with Crippen LogP contribution >= 0.6 is 0 Å². The highest BCUT2D eigenvalue weighted by molar-refractivity contribution is 6.20. The first kappa shape index (κ1) is 26.2. The van der Waals surface area contributed by atoms with Crippen molar-refractivity contribution in [2.75, 3.05) is 4.90 Å². The molecule has 3 nitrogen and oxygen atoms in total. The van der Waals surface area contributed by atoms with E-state index in [0.29, 0.717) is 0 Å². The minimum absolute atomic E-state index is 0.868. The first-order valence-electron chi connectivity index (χ1n) is 15.5. The second kappa shape index (κ2) is 10.8. The molecule has 9 aromatic rings. The van der Waals surface area contributed by atoms with Crippen molar-refractivity contribution in [3.8, 4) is 22.3 Å². The minimum Gasteiger partial charge on any atom is -0.456 e. The van der Waals surface area contributed by atoms with E-state index in [1.807, 2.05) is 18.3 Å². The zero-order valence-electron chi connectivity index (χ0n) is 25.0. The number of benzene rings is 7. The van der Waals surface area contributed by atoms with Gasteiger partial charge in [0.2, 0.25) is 0 Å². The predicted octanol–water partition coefficient (Wildman–Crippen LogP) is 12.1. The molecule has 0 radical (unpaired) electrons. The molecule has 3 heteroatoms. The molecule has 7 aromatic carbocycles. The largest absolute Gasteiger partial charge is 0.456 e. The number of aromatic nitrogens is 1. The van der Waals surface area contributed by atoms with Crippen molar-refractivity contribution in [3.63, 3.8) is 0 Å². The Kier molecular flexibility index (Phi) is 6.14. The second-order valence-corrected chi connectivity index (χ2v) is 11.6. The summed E-state index contributed by atoms with van der Waals surface area (Å²) >= 11 is 0. The van der Waals surface area contributed by atoms with Crippen LogP contribution in [0, 0.1) is 0 Å². The van der Waals surface area contributed by atoms with Crippen molar-refractivity contribution >= 4 is 60.7 Å². The molecule has 216 valence electrons. The molecule has 0 aliphatic heterocycles. The number of anilines is 3.